The lowest BCUT2D eigenvalue weighted by molar-refractivity contribution is -0.122. The maximum Gasteiger partial charge on any atom is 0.243 e. The molecule has 0 bridgehead atoms. The number of amides is 2. The van der Waals surface area contributed by atoms with Gasteiger partial charge in [0.05, 0.1) is 16.9 Å². The Balaban J connectivity index is 1.75. The minimum Gasteiger partial charge on any atom is -0.351 e. The first kappa shape index (κ1) is 21.0. The van der Waals surface area contributed by atoms with E-state index in [0.29, 0.717) is 17.8 Å². The standard InChI is InChI=1S/C21H25N3O4S/c1-21(2)17-12-16(10-11-18(17)24(4)20(21)26)29(27,28)23(3)14-19(25)22-13-15-8-6-5-7-9-15/h5-12H,13-14H2,1-4H3,(H,22,25). The molecule has 0 atom stereocenters. The van der Waals surface area contributed by atoms with Crippen molar-refractivity contribution in [1.82, 2.24) is 9.62 Å². The average Bonchev–Trinajstić information content (AvgIpc) is 2.87. The third-order valence-corrected chi connectivity index (χ3v) is 7.05. The van der Waals surface area contributed by atoms with E-state index in [-0.39, 0.29) is 17.3 Å². The van der Waals surface area contributed by atoms with Gasteiger partial charge in [0.1, 0.15) is 0 Å². The van der Waals surface area contributed by atoms with Crippen LogP contribution in [0.4, 0.5) is 5.69 Å². The number of nitrogens with zero attached hydrogens (tertiary/aromatic N) is 2. The zero-order valence-electron chi connectivity index (χ0n) is 17.0. The Morgan fingerprint density at radius 3 is 2.45 bits per heavy atom. The molecule has 1 heterocycles. The molecule has 0 aliphatic carbocycles. The summed E-state index contributed by atoms with van der Waals surface area (Å²) < 4.78 is 26.9. The molecule has 29 heavy (non-hydrogen) atoms. The summed E-state index contributed by atoms with van der Waals surface area (Å²) in [5, 5.41) is 2.72. The van der Waals surface area contributed by atoms with Gasteiger partial charge in [-0.3, -0.25) is 9.59 Å². The normalized spacial score (nSPS) is 15.5. The summed E-state index contributed by atoms with van der Waals surface area (Å²) in [5.41, 5.74) is 1.48. The summed E-state index contributed by atoms with van der Waals surface area (Å²) in [4.78, 5) is 26.2. The fraction of sp³-hybridized carbons (Fsp3) is 0.333. The summed E-state index contributed by atoms with van der Waals surface area (Å²) in [6.07, 6.45) is 0. The number of benzene rings is 2. The number of hydrogen-bond acceptors (Lipinski definition) is 4. The van der Waals surface area contributed by atoms with Crippen LogP contribution in [0.1, 0.15) is 25.0 Å². The Morgan fingerprint density at radius 1 is 1.14 bits per heavy atom. The van der Waals surface area contributed by atoms with Gasteiger partial charge in [0.15, 0.2) is 0 Å². The molecule has 0 fully saturated rings. The lowest BCUT2D eigenvalue weighted by atomic mass is 9.86. The van der Waals surface area contributed by atoms with Crippen molar-refractivity contribution in [2.24, 2.45) is 0 Å². The third kappa shape index (κ3) is 3.90. The number of anilines is 1. The van der Waals surface area contributed by atoms with Crippen LogP contribution in [0.25, 0.3) is 0 Å². The molecule has 0 saturated carbocycles. The number of carbonyl (C=O) groups excluding carboxylic acids is 2. The number of likely N-dealkylation sites (N-methyl/N-ethyl adjacent to an activating group) is 2. The van der Waals surface area contributed by atoms with E-state index in [9.17, 15) is 18.0 Å². The van der Waals surface area contributed by atoms with Gasteiger partial charge in [-0.2, -0.15) is 4.31 Å². The van der Waals surface area contributed by atoms with Crippen LogP contribution < -0.4 is 10.2 Å². The highest BCUT2D eigenvalue weighted by Gasteiger charge is 2.43. The Labute approximate surface area is 171 Å². The Hall–Kier alpha value is -2.71. The van der Waals surface area contributed by atoms with E-state index in [4.69, 9.17) is 0 Å². The first-order valence-electron chi connectivity index (χ1n) is 9.25. The maximum absolute atomic E-state index is 13.0. The summed E-state index contributed by atoms with van der Waals surface area (Å²) in [6.45, 7) is 3.58. The largest absolute Gasteiger partial charge is 0.351 e. The van der Waals surface area contributed by atoms with Crippen molar-refractivity contribution in [1.29, 1.82) is 0 Å². The van der Waals surface area contributed by atoms with E-state index in [2.05, 4.69) is 5.32 Å². The van der Waals surface area contributed by atoms with Crippen LogP contribution in [0.2, 0.25) is 0 Å². The molecule has 0 radical (unpaired) electrons. The lowest BCUT2D eigenvalue weighted by Crippen LogP contribution is -2.38. The zero-order chi connectivity index (χ0) is 21.4. The second-order valence-corrected chi connectivity index (χ2v) is 9.74. The maximum atomic E-state index is 13.0. The smallest absolute Gasteiger partial charge is 0.243 e. The van der Waals surface area contributed by atoms with E-state index < -0.39 is 21.3 Å². The highest BCUT2D eigenvalue weighted by Crippen LogP contribution is 2.41. The van der Waals surface area contributed by atoms with Gasteiger partial charge < -0.3 is 10.2 Å². The van der Waals surface area contributed by atoms with E-state index in [1.807, 2.05) is 30.3 Å². The second-order valence-electron chi connectivity index (χ2n) is 7.69. The summed E-state index contributed by atoms with van der Waals surface area (Å²) in [7, 11) is -0.839. The monoisotopic (exact) mass is 415 g/mol. The number of sulfonamides is 1. The molecule has 0 aromatic heterocycles. The lowest BCUT2D eigenvalue weighted by Gasteiger charge is -2.19. The third-order valence-electron chi connectivity index (χ3n) is 5.25. The SMILES string of the molecule is CN1C(=O)C(C)(C)c2cc(S(=O)(=O)N(C)CC(=O)NCc3ccccc3)ccc21. The van der Waals surface area contributed by atoms with Crippen LogP contribution in [0, 0.1) is 0 Å². The van der Waals surface area contributed by atoms with Gasteiger partial charge in [-0.15, -0.1) is 0 Å². The van der Waals surface area contributed by atoms with Crippen LogP contribution in [-0.4, -0.2) is 45.2 Å². The van der Waals surface area contributed by atoms with Crippen LogP contribution in [0.3, 0.4) is 0 Å². The Bertz CT molecular complexity index is 1050. The molecule has 0 spiro atoms. The van der Waals surface area contributed by atoms with Gasteiger partial charge in [-0.1, -0.05) is 30.3 Å². The van der Waals surface area contributed by atoms with Gasteiger partial charge >= 0.3 is 0 Å². The highest BCUT2D eigenvalue weighted by atomic mass is 32.2. The quantitative estimate of drug-likeness (QED) is 0.780. The van der Waals surface area contributed by atoms with Crippen molar-refractivity contribution in [3.8, 4) is 0 Å². The molecule has 1 N–H and O–H groups in total. The van der Waals surface area contributed by atoms with Gasteiger partial charge in [0.2, 0.25) is 21.8 Å². The van der Waals surface area contributed by atoms with Crippen molar-refractivity contribution in [2.75, 3.05) is 25.5 Å². The predicted octanol–water partition coefficient (Wildman–Crippen LogP) is 1.88. The number of nitrogens with one attached hydrogen (secondary N) is 1. The minimum absolute atomic E-state index is 0.0609. The van der Waals surface area contributed by atoms with Crippen LogP contribution in [0.5, 0.6) is 0 Å². The predicted molar refractivity (Wildman–Crippen MR) is 111 cm³/mol. The number of carbonyl (C=O) groups is 2. The number of fused-ring (bicyclic) bond motifs is 1. The second kappa shape index (κ2) is 7.61. The number of hydrogen-bond donors (Lipinski definition) is 1. The van der Waals surface area contributed by atoms with E-state index in [1.165, 1.54) is 24.1 Å². The molecule has 0 saturated heterocycles. The van der Waals surface area contributed by atoms with E-state index in [1.54, 1.807) is 27.0 Å². The van der Waals surface area contributed by atoms with Crippen molar-refractivity contribution in [3.05, 3.63) is 59.7 Å². The molecule has 8 heteroatoms. The molecule has 0 unspecified atom stereocenters. The first-order chi connectivity index (χ1) is 13.5. The minimum atomic E-state index is -3.88. The molecule has 2 aromatic rings. The molecule has 154 valence electrons. The molecule has 3 rings (SSSR count). The molecular formula is C21H25N3O4S. The van der Waals surface area contributed by atoms with Gasteiger partial charge in [0.25, 0.3) is 0 Å². The van der Waals surface area contributed by atoms with E-state index in [0.717, 1.165) is 9.87 Å². The molecule has 1 aliphatic heterocycles. The Morgan fingerprint density at radius 2 is 1.79 bits per heavy atom. The molecular weight excluding hydrogens is 390 g/mol. The average molecular weight is 416 g/mol. The zero-order valence-corrected chi connectivity index (χ0v) is 17.8. The summed E-state index contributed by atoms with van der Waals surface area (Å²) in [6, 6.07) is 14.0. The summed E-state index contributed by atoms with van der Waals surface area (Å²) in [5.74, 6) is -0.480. The van der Waals surface area contributed by atoms with Crippen molar-refractivity contribution in [3.63, 3.8) is 0 Å². The van der Waals surface area contributed by atoms with E-state index >= 15 is 0 Å². The van der Waals surface area contributed by atoms with Crippen LogP contribution >= 0.6 is 0 Å². The van der Waals surface area contributed by atoms with Crippen molar-refractivity contribution in [2.45, 2.75) is 30.7 Å². The topological polar surface area (TPSA) is 86.8 Å². The Kier molecular flexibility index (Phi) is 5.51. The fourth-order valence-electron chi connectivity index (χ4n) is 3.43. The van der Waals surface area contributed by atoms with Crippen molar-refractivity contribution < 1.29 is 18.0 Å². The molecule has 7 nitrogen and oxygen atoms in total. The van der Waals surface area contributed by atoms with Gasteiger partial charge in [-0.25, -0.2) is 8.42 Å². The highest BCUT2D eigenvalue weighted by molar-refractivity contribution is 7.89. The molecule has 2 amide bonds. The molecule has 2 aromatic carbocycles. The fourth-order valence-corrected chi connectivity index (χ4v) is 4.59. The van der Waals surface area contributed by atoms with Gasteiger partial charge in [-0.05, 0) is 43.2 Å². The van der Waals surface area contributed by atoms with Crippen LogP contribution in [0.15, 0.2) is 53.4 Å². The van der Waals surface area contributed by atoms with Gasteiger partial charge in [0, 0.05) is 26.3 Å². The van der Waals surface area contributed by atoms with Crippen LogP contribution in [-0.2, 0) is 31.6 Å². The summed E-state index contributed by atoms with van der Waals surface area (Å²) >= 11 is 0. The first-order valence-corrected chi connectivity index (χ1v) is 10.7. The van der Waals surface area contributed by atoms with Crippen molar-refractivity contribution >= 4 is 27.5 Å². The number of rotatable bonds is 6. The molecule has 1 aliphatic rings.